The van der Waals surface area contributed by atoms with Crippen LogP contribution in [0.5, 0.6) is 0 Å². The summed E-state index contributed by atoms with van der Waals surface area (Å²) in [7, 11) is 0. The molecule has 2 atom stereocenters. The van der Waals surface area contributed by atoms with E-state index in [-0.39, 0.29) is 30.4 Å². The van der Waals surface area contributed by atoms with Crippen molar-refractivity contribution in [2.24, 2.45) is 5.73 Å². The van der Waals surface area contributed by atoms with Crippen LogP contribution in [0.4, 0.5) is 4.39 Å². The highest BCUT2D eigenvalue weighted by atomic mass is 35.5. The molecule has 0 fully saturated rings. The lowest BCUT2D eigenvalue weighted by atomic mass is 9.95. The second-order valence-corrected chi connectivity index (χ2v) is 3.35. The minimum absolute atomic E-state index is 0. The van der Waals surface area contributed by atoms with Crippen LogP contribution in [0.2, 0.25) is 0 Å². The minimum Gasteiger partial charge on any atom is -0.372 e. The predicted octanol–water partition coefficient (Wildman–Crippen LogP) is 2.17. The van der Waals surface area contributed by atoms with Crippen LogP contribution in [0.15, 0.2) is 18.2 Å². The lowest BCUT2D eigenvalue weighted by Crippen LogP contribution is -2.31. The summed E-state index contributed by atoms with van der Waals surface area (Å²) in [6.45, 7) is 2.23. The summed E-state index contributed by atoms with van der Waals surface area (Å²) in [5.41, 5.74) is 7.35. The molecule has 1 aromatic carbocycles. The first-order valence-corrected chi connectivity index (χ1v) is 4.34. The maximum atomic E-state index is 13.2. The summed E-state index contributed by atoms with van der Waals surface area (Å²) < 4.78 is 18.6. The van der Waals surface area contributed by atoms with Gasteiger partial charge in [0.05, 0.1) is 18.8 Å². The number of benzene rings is 1. The van der Waals surface area contributed by atoms with Crippen LogP contribution >= 0.6 is 12.4 Å². The zero-order valence-electron chi connectivity index (χ0n) is 7.87. The van der Waals surface area contributed by atoms with Gasteiger partial charge in [-0.15, -0.1) is 12.4 Å². The smallest absolute Gasteiger partial charge is 0.129 e. The maximum absolute atomic E-state index is 13.2. The highest BCUT2D eigenvalue weighted by Gasteiger charge is 2.25. The summed E-state index contributed by atoms with van der Waals surface area (Å²) in [6.07, 6.45) is -0.0331. The molecule has 4 heteroatoms. The monoisotopic (exact) mass is 217 g/mol. The van der Waals surface area contributed by atoms with Gasteiger partial charge in [-0.05, 0) is 18.6 Å². The quantitative estimate of drug-likeness (QED) is 0.723. The number of hydrogen-bond acceptors (Lipinski definition) is 2. The highest BCUT2D eigenvalue weighted by molar-refractivity contribution is 5.85. The molecule has 78 valence electrons. The zero-order chi connectivity index (χ0) is 9.42. The van der Waals surface area contributed by atoms with Gasteiger partial charge in [0.15, 0.2) is 0 Å². The second kappa shape index (κ2) is 4.26. The SMILES string of the molecule is C[C@@H]1OCc2c(F)cccc2[C@@H]1N.Cl. The molecule has 14 heavy (non-hydrogen) atoms. The third-order valence-corrected chi connectivity index (χ3v) is 2.51. The van der Waals surface area contributed by atoms with Crippen molar-refractivity contribution in [1.29, 1.82) is 0 Å². The van der Waals surface area contributed by atoms with E-state index < -0.39 is 0 Å². The van der Waals surface area contributed by atoms with E-state index in [2.05, 4.69) is 0 Å². The van der Waals surface area contributed by atoms with Crippen LogP contribution in [-0.2, 0) is 11.3 Å². The fourth-order valence-electron chi connectivity index (χ4n) is 1.61. The predicted molar refractivity (Wildman–Crippen MR) is 54.8 cm³/mol. The van der Waals surface area contributed by atoms with E-state index >= 15 is 0 Å². The van der Waals surface area contributed by atoms with Gasteiger partial charge < -0.3 is 10.5 Å². The van der Waals surface area contributed by atoms with E-state index in [1.807, 2.05) is 13.0 Å². The molecular formula is C10H13ClFNO. The van der Waals surface area contributed by atoms with Crippen LogP contribution in [0, 0.1) is 5.82 Å². The van der Waals surface area contributed by atoms with E-state index in [4.69, 9.17) is 10.5 Å². The van der Waals surface area contributed by atoms with Crippen LogP contribution in [0.3, 0.4) is 0 Å². The zero-order valence-corrected chi connectivity index (χ0v) is 8.68. The van der Waals surface area contributed by atoms with Gasteiger partial charge in [-0.1, -0.05) is 12.1 Å². The van der Waals surface area contributed by atoms with Crippen molar-refractivity contribution in [2.45, 2.75) is 25.7 Å². The number of fused-ring (bicyclic) bond motifs is 1. The topological polar surface area (TPSA) is 35.2 Å². The summed E-state index contributed by atoms with van der Waals surface area (Å²) >= 11 is 0. The van der Waals surface area contributed by atoms with Crippen LogP contribution in [-0.4, -0.2) is 6.10 Å². The van der Waals surface area contributed by atoms with Gasteiger partial charge in [0.1, 0.15) is 5.82 Å². The van der Waals surface area contributed by atoms with Crippen molar-refractivity contribution < 1.29 is 9.13 Å². The fourth-order valence-corrected chi connectivity index (χ4v) is 1.61. The first-order valence-electron chi connectivity index (χ1n) is 4.34. The first-order chi connectivity index (χ1) is 6.20. The van der Waals surface area contributed by atoms with E-state index in [1.54, 1.807) is 6.07 Å². The lowest BCUT2D eigenvalue weighted by molar-refractivity contribution is 0.0194. The normalized spacial score (nSPS) is 25.1. The molecular weight excluding hydrogens is 205 g/mol. The van der Waals surface area contributed by atoms with Gasteiger partial charge in [-0.3, -0.25) is 0 Å². The van der Waals surface area contributed by atoms with Crippen LogP contribution < -0.4 is 5.73 Å². The van der Waals surface area contributed by atoms with Gasteiger partial charge >= 0.3 is 0 Å². The molecule has 0 amide bonds. The van der Waals surface area contributed by atoms with Gasteiger partial charge in [0.25, 0.3) is 0 Å². The number of halogens is 2. The Balaban J connectivity index is 0.000000980. The Morgan fingerprint density at radius 1 is 1.50 bits per heavy atom. The Hall–Kier alpha value is -0.640. The third-order valence-electron chi connectivity index (χ3n) is 2.51. The Morgan fingerprint density at radius 2 is 2.21 bits per heavy atom. The molecule has 0 radical (unpaired) electrons. The van der Waals surface area contributed by atoms with Crippen molar-refractivity contribution in [3.8, 4) is 0 Å². The third kappa shape index (κ3) is 1.75. The van der Waals surface area contributed by atoms with Crippen molar-refractivity contribution in [2.75, 3.05) is 0 Å². The Labute approximate surface area is 88.7 Å². The molecule has 2 rings (SSSR count). The maximum Gasteiger partial charge on any atom is 0.129 e. The second-order valence-electron chi connectivity index (χ2n) is 3.35. The molecule has 2 nitrogen and oxygen atoms in total. The number of rotatable bonds is 0. The number of nitrogens with two attached hydrogens (primary N) is 1. The van der Waals surface area contributed by atoms with E-state index in [9.17, 15) is 4.39 Å². The lowest BCUT2D eigenvalue weighted by Gasteiger charge is -2.28. The largest absolute Gasteiger partial charge is 0.372 e. The van der Waals surface area contributed by atoms with Gasteiger partial charge in [-0.25, -0.2) is 4.39 Å². The standard InChI is InChI=1S/C10H12FNO.ClH/c1-6-10(12)7-3-2-4-9(11)8(7)5-13-6;/h2-4,6,10H,5,12H2,1H3;1H/t6-,10+;/m0./s1. The molecule has 0 aliphatic carbocycles. The molecule has 2 N–H and O–H groups in total. The molecule has 0 saturated heterocycles. The average molecular weight is 218 g/mol. The summed E-state index contributed by atoms with van der Waals surface area (Å²) in [4.78, 5) is 0. The summed E-state index contributed by atoms with van der Waals surface area (Å²) in [5.74, 6) is -0.222. The fraction of sp³-hybridized carbons (Fsp3) is 0.400. The molecule has 0 spiro atoms. The summed E-state index contributed by atoms with van der Waals surface area (Å²) in [5, 5.41) is 0. The van der Waals surface area contributed by atoms with Crippen molar-refractivity contribution in [3.05, 3.63) is 35.1 Å². The highest BCUT2D eigenvalue weighted by Crippen LogP contribution is 2.28. The van der Waals surface area contributed by atoms with Crippen molar-refractivity contribution in [3.63, 3.8) is 0 Å². The molecule has 1 aromatic rings. The Morgan fingerprint density at radius 3 is 2.93 bits per heavy atom. The number of ether oxygens (including phenoxy) is 1. The van der Waals surface area contributed by atoms with E-state index in [1.165, 1.54) is 6.07 Å². The van der Waals surface area contributed by atoms with Crippen molar-refractivity contribution >= 4 is 12.4 Å². The van der Waals surface area contributed by atoms with Crippen LogP contribution in [0.1, 0.15) is 24.1 Å². The molecule has 0 unspecified atom stereocenters. The van der Waals surface area contributed by atoms with Crippen LogP contribution in [0.25, 0.3) is 0 Å². The van der Waals surface area contributed by atoms with E-state index in [0.717, 1.165) is 5.56 Å². The molecule has 1 aliphatic rings. The summed E-state index contributed by atoms with van der Waals surface area (Å²) in [6, 6.07) is 4.78. The molecule has 0 bridgehead atoms. The first kappa shape index (κ1) is 11.4. The molecule has 1 heterocycles. The molecule has 1 aliphatic heterocycles. The Kier molecular flexibility index (Phi) is 3.48. The minimum atomic E-state index is -0.222. The van der Waals surface area contributed by atoms with Gasteiger partial charge in [-0.2, -0.15) is 0 Å². The number of hydrogen-bond donors (Lipinski definition) is 1. The molecule has 0 aromatic heterocycles. The van der Waals surface area contributed by atoms with Gasteiger partial charge in [0.2, 0.25) is 0 Å². The Bertz CT molecular complexity index is 332. The van der Waals surface area contributed by atoms with Gasteiger partial charge in [0, 0.05) is 5.56 Å². The average Bonchev–Trinajstić information content (AvgIpc) is 2.12. The van der Waals surface area contributed by atoms with Crippen molar-refractivity contribution in [1.82, 2.24) is 0 Å². The van der Waals surface area contributed by atoms with E-state index in [0.29, 0.717) is 12.2 Å². The molecule has 0 saturated carbocycles.